The molecule has 7 heteroatoms. The second kappa shape index (κ2) is 7.72. The molecule has 24 heavy (non-hydrogen) atoms. The van der Waals surface area contributed by atoms with Crippen LogP contribution in [0.1, 0.15) is 43.2 Å². The molecule has 0 spiro atoms. The Morgan fingerprint density at radius 1 is 1.33 bits per heavy atom. The number of hydrogen-bond donors (Lipinski definition) is 0. The van der Waals surface area contributed by atoms with Gasteiger partial charge in [0, 0.05) is 11.6 Å². The van der Waals surface area contributed by atoms with Crippen molar-refractivity contribution in [2.24, 2.45) is 0 Å². The monoisotopic (exact) mass is 336 g/mol. The standard InChI is InChI=1S/C15H12F2N2O3.C2H6/c1-2-21-15(20)10-8-19(18-13(10)14(16)17)11-4-3-5-12-9(11)6-7-22-12;1-2/h3-8,14H,2H2,1H3;1-2H3. The second-order valence-electron chi connectivity index (χ2n) is 4.50. The third kappa shape index (κ3) is 3.29. The Morgan fingerprint density at radius 2 is 2.08 bits per heavy atom. The summed E-state index contributed by atoms with van der Waals surface area (Å²) in [4.78, 5) is 11.8. The van der Waals surface area contributed by atoms with Crippen molar-refractivity contribution in [2.75, 3.05) is 6.61 Å². The summed E-state index contributed by atoms with van der Waals surface area (Å²) in [5.74, 6) is -0.816. The van der Waals surface area contributed by atoms with Gasteiger partial charge in [-0.3, -0.25) is 0 Å². The van der Waals surface area contributed by atoms with Crippen LogP contribution in [0.3, 0.4) is 0 Å². The maximum atomic E-state index is 13.1. The molecule has 0 aliphatic carbocycles. The molecule has 5 nitrogen and oxygen atoms in total. The molecule has 0 saturated carbocycles. The number of benzene rings is 1. The van der Waals surface area contributed by atoms with Gasteiger partial charge in [0.15, 0.2) is 0 Å². The molecule has 0 aliphatic rings. The van der Waals surface area contributed by atoms with Gasteiger partial charge in [-0.2, -0.15) is 5.10 Å². The molecule has 1 aromatic carbocycles. The Morgan fingerprint density at radius 3 is 2.75 bits per heavy atom. The van der Waals surface area contributed by atoms with E-state index in [1.807, 2.05) is 13.8 Å². The first kappa shape index (κ1) is 17.7. The average molecular weight is 336 g/mol. The number of nitrogens with zero attached hydrogens (tertiary/aromatic N) is 2. The Bertz CT molecular complexity index is 824. The van der Waals surface area contributed by atoms with E-state index in [4.69, 9.17) is 9.15 Å². The van der Waals surface area contributed by atoms with Gasteiger partial charge < -0.3 is 9.15 Å². The number of furan rings is 1. The van der Waals surface area contributed by atoms with Gasteiger partial charge in [0.25, 0.3) is 6.43 Å². The van der Waals surface area contributed by atoms with Gasteiger partial charge in [-0.15, -0.1) is 0 Å². The first-order chi connectivity index (χ1) is 11.6. The fourth-order valence-corrected chi connectivity index (χ4v) is 2.22. The van der Waals surface area contributed by atoms with Crippen molar-refractivity contribution in [2.45, 2.75) is 27.2 Å². The second-order valence-corrected chi connectivity index (χ2v) is 4.50. The third-order valence-corrected chi connectivity index (χ3v) is 3.16. The van der Waals surface area contributed by atoms with Crippen molar-refractivity contribution < 1.29 is 22.7 Å². The number of rotatable bonds is 4. The molecular weight excluding hydrogens is 318 g/mol. The minimum absolute atomic E-state index is 0.101. The van der Waals surface area contributed by atoms with E-state index >= 15 is 0 Å². The maximum absolute atomic E-state index is 13.1. The van der Waals surface area contributed by atoms with Gasteiger partial charge in [-0.05, 0) is 25.1 Å². The number of carbonyl (C=O) groups excluding carboxylic acids is 1. The highest BCUT2D eigenvalue weighted by atomic mass is 19.3. The van der Waals surface area contributed by atoms with Crippen LogP contribution in [0.25, 0.3) is 16.7 Å². The van der Waals surface area contributed by atoms with E-state index < -0.39 is 18.1 Å². The Labute approximate surface area is 137 Å². The lowest BCUT2D eigenvalue weighted by atomic mass is 10.2. The van der Waals surface area contributed by atoms with E-state index in [1.54, 1.807) is 31.2 Å². The van der Waals surface area contributed by atoms with Gasteiger partial charge in [-0.1, -0.05) is 19.9 Å². The van der Waals surface area contributed by atoms with Crippen molar-refractivity contribution in [1.29, 1.82) is 0 Å². The Hall–Kier alpha value is -2.70. The van der Waals surface area contributed by atoms with Crippen LogP contribution >= 0.6 is 0 Å². The third-order valence-electron chi connectivity index (χ3n) is 3.16. The summed E-state index contributed by atoms with van der Waals surface area (Å²) in [6.07, 6.45) is -0.122. The number of fused-ring (bicyclic) bond motifs is 1. The summed E-state index contributed by atoms with van der Waals surface area (Å²) >= 11 is 0. The van der Waals surface area contributed by atoms with Crippen LogP contribution in [-0.4, -0.2) is 22.4 Å². The number of halogens is 2. The summed E-state index contributed by atoms with van der Waals surface area (Å²) in [7, 11) is 0. The lowest BCUT2D eigenvalue weighted by molar-refractivity contribution is 0.0515. The predicted octanol–water partition coefficient (Wildman–Crippen LogP) is 4.76. The molecule has 3 aromatic rings. The predicted molar refractivity (Wildman–Crippen MR) is 85.6 cm³/mol. The summed E-state index contributed by atoms with van der Waals surface area (Å²) in [5, 5.41) is 4.55. The minimum atomic E-state index is -2.87. The van der Waals surface area contributed by atoms with Crippen LogP contribution in [0.15, 0.2) is 41.1 Å². The van der Waals surface area contributed by atoms with E-state index in [0.29, 0.717) is 16.7 Å². The fourth-order valence-electron chi connectivity index (χ4n) is 2.22. The van der Waals surface area contributed by atoms with Crippen LogP contribution in [0.4, 0.5) is 8.78 Å². The number of alkyl halides is 2. The van der Waals surface area contributed by atoms with Gasteiger partial charge >= 0.3 is 5.97 Å². The summed E-state index contributed by atoms with van der Waals surface area (Å²) in [6.45, 7) is 5.71. The number of ether oxygens (including phenoxy) is 1. The summed E-state index contributed by atoms with van der Waals surface area (Å²) in [6, 6.07) is 6.88. The molecule has 0 N–H and O–H groups in total. The van der Waals surface area contributed by atoms with E-state index in [0.717, 1.165) is 0 Å². The number of aromatic nitrogens is 2. The quantitative estimate of drug-likeness (QED) is 0.645. The highest BCUT2D eigenvalue weighted by Crippen LogP contribution is 2.27. The normalized spacial score (nSPS) is 10.6. The largest absolute Gasteiger partial charge is 0.464 e. The zero-order valence-corrected chi connectivity index (χ0v) is 13.6. The zero-order chi connectivity index (χ0) is 17.7. The first-order valence-corrected chi connectivity index (χ1v) is 7.63. The number of carbonyl (C=O) groups is 1. The van der Waals surface area contributed by atoms with Crippen LogP contribution < -0.4 is 0 Å². The summed E-state index contributed by atoms with van der Waals surface area (Å²) < 4.78 is 37.5. The molecule has 0 fully saturated rings. The van der Waals surface area contributed by atoms with Crippen molar-refractivity contribution in [3.8, 4) is 5.69 Å². The van der Waals surface area contributed by atoms with Crippen molar-refractivity contribution in [1.82, 2.24) is 9.78 Å². The Kier molecular flexibility index (Phi) is 5.68. The van der Waals surface area contributed by atoms with Crippen molar-refractivity contribution >= 4 is 16.9 Å². The molecule has 0 aliphatic heterocycles. The minimum Gasteiger partial charge on any atom is -0.464 e. The molecule has 2 aromatic heterocycles. The maximum Gasteiger partial charge on any atom is 0.341 e. The highest BCUT2D eigenvalue weighted by Gasteiger charge is 2.25. The molecule has 2 heterocycles. The molecule has 3 rings (SSSR count). The summed E-state index contributed by atoms with van der Waals surface area (Å²) in [5.41, 5.74) is 0.310. The number of hydrogen-bond acceptors (Lipinski definition) is 4. The van der Waals surface area contributed by atoms with Crippen molar-refractivity contribution in [3.05, 3.63) is 48.0 Å². The van der Waals surface area contributed by atoms with E-state index in [9.17, 15) is 13.6 Å². The van der Waals surface area contributed by atoms with E-state index in [2.05, 4.69) is 5.10 Å². The molecule has 128 valence electrons. The lowest BCUT2D eigenvalue weighted by Gasteiger charge is -2.02. The van der Waals surface area contributed by atoms with Gasteiger partial charge in [0.05, 0.1) is 18.6 Å². The molecule has 0 atom stereocenters. The molecule has 0 amide bonds. The van der Waals surface area contributed by atoms with Crippen LogP contribution in [0.5, 0.6) is 0 Å². The highest BCUT2D eigenvalue weighted by molar-refractivity contribution is 5.91. The lowest BCUT2D eigenvalue weighted by Crippen LogP contribution is -2.06. The Balaban J connectivity index is 0.00000100. The number of esters is 1. The van der Waals surface area contributed by atoms with Crippen LogP contribution in [-0.2, 0) is 4.74 Å². The topological polar surface area (TPSA) is 57.3 Å². The average Bonchev–Trinajstić information content (AvgIpc) is 3.23. The van der Waals surface area contributed by atoms with Crippen LogP contribution in [0, 0.1) is 0 Å². The first-order valence-electron chi connectivity index (χ1n) is 7.63. The van der Waals surface area contributed by atoms with E-state index in [1.165, 1.54) is 17.1 Å². The molecule has 0 unspecified atom stereocenters. The smallest absolute Gasteiger partial charge is 0.341 e. The van der Waals surface area contributed by atoms with Gasteiger partial charge in [0.2, 0.25) is 0 Å². The zero-order valence-electron chi connectivity index (χ0n) is 13.6. The molecule has 0 bridgehead atoms. The SMILES string of the molecule is CC.CCOC(=O)c1cn(-c2cccc3occc23)nc1C(F)F. The van der Waals surface area contributed by atoms with E-state index in [-0.39, 0.29) is 12.2 Å². The molecule has 0 radical (unpaired) electrons. The van der Waals surface area contributed by atoms with Gasteiger partial charge in [-0.25, -0.2) is 18.3 Å². The molecule has 0 saturated heterocycles. The van der Waals surface area contributed by atoms with Crippen molar-refractivity contribution in [3.63, 3.8) is 0 Å². The molecular formula is C17H18F2N2O3. The van der Waals surface area contributed by atoms with Gasteiger partial charge in [0.1, 0.15) is 16.8 Å². The van der Waals surface area contributed by atoms with Crippen LogP contribution in [0.2, 0.25) is 0 Å². The fraction of sp³-hybridized carbons (Fsp3) is 0.294.